The van der Waals surface area contributed by atoms with Crippen molar-refractivity contribution in [2.24, 2.45) is 0 Å². The summed E-state index contributed by atoms with van der Waals surface area (Å²) < 4.78 is 5.39. The Kier molecular flexibility index (Phi) is 4.97. The van der Waals surface area contributed by atoms with Gasteiger partial charge in [-0.15, -0.1) is 0 Å². The number of aliphatic hydroxyl groups is 1. The number of rotatable bonds is 5. The fourth-order valence-corrected chi connectivity index (χ4v) is 1.49. The van der Waals surface area contributed by atoms with Crippen molar-refractivity contribution in [2.75, 3.05) is 13.2 Å². The van der Waals surface area contributed by atoms with Crippen LogP contribution >= 0.6 is 0 Å². The van der Waals surface area contributed by atoms with E-state index in [0.717, 1.165) is 11.1 Å². The molecule has 0 spiro atoms. The van der Waals surface area contributed by atoms with Crippen LogP contribution in [0.3, 0.4) is 0 Å². The number of nitrogens with one attached hydrogen (secondary N) is 1. The highest BCUT2D eigenvalue weighted by molar-refractivity contribution is 5.77. The number of benzene rings is 1. The van der Waals surface area contributed by atoms with Crippen molar-refractivity contribution in [3.05, 3.63) is 29.3 Å². The van der Waals surface area contributed by atoms with E-state index in [0.29, 0.717) is 12.3 Å². The van der Waals surface area contributed by atoms with Crippen molar-refractivity contribution in [2.45, 2.75) is 26.9 Å². The second-order valence-corrected chi connectivity index (χ2v) is 3.94. The lowest BCUT2D eigenvalue weighted by Gasteiger charge is -2.11. The molecule has 0 bridgehead atoms. The highest BCUT2D eigenvalue weighted by Gasteiger charge is 2.06. The van der Waals surface area contributed by atoms with Crippen LogP contribution < -0.4 is 10.1 Å². The molecule has 0 saturated heterocycles. The highest BCUT2D eigenvalue weighted by atomic mass is 16.5. The van der Waals surface area contributed by atoms with Crippen molar-refractivity contribution >= 4 is 5.91 Å². The number of hydrogen-bond acceptors (Lipinski definition) is 3. The molecule has 1 aromatic carbocycles. The largest absolute Gasteiger partial charge is 0.484 e. The minimum Gasteiger partial charge on any atom is -0.484 e. The Hall–Kier alpha value is -1.55. The smallest absolute Gasteiger partial charge is 0.257 e. The molecule has 2 N–H and O–H groups in total. The molecule has 1 amide bonds. The van der Waals surface area contributed by atoms with Gasteiger partial charge in [0, 0.05) is 6.54 Å². The van der Waals surface area contributed by atoms with Crippen LogP contribution in [-0.4, -0.2) is 24.2 Å². The third-order valence-electron chi connectivity index (χ3n) is 2.41. The first kappa shape index (κ1) is 13.5. The summed E-state index contributed by atoms with van der Waals surface area (Å²) in [6.07, 6.45) is -0.494. The maximum Gasteiger partial charge on any atom is 0.257 e. The van der Waals surface area contributed by atoms with Crippen LogP contribution in [0.25, 0.3) is 0 Å². The van der Waals surface area contributed by atoms with Crippen molar-refractivity contribution in [3.8, 4) is 5.75 Å². The van der Waals surface area contributed by atoms with Gasteiger partial charge in [0.25, 0.3) is 5.91 Å². The lowest BCUT2D eigenvalue weighted by atomic mass is 10.1. The number of carbonyl (C=O) groups is 1. The molecular weight excluding hydrogens is 218 g/mol. The van der Waals surface area contributed by atoms with Crippen molar-refractivity contribution in [1.29, 1.82) is 0 Å². The summed E-state index contributed by atoms with van der Waals surface area (Å²) >= 11 is 0. The van der Waals surface area contributed by atoms with Crippen LogP contribution in [0.1, 0.15) is 31.1 Å². The Morgan fingerprint density at radius 1 is 1.53 bits per heavy atom. The average Bonchev–Trinajstić information content (AvgIpc) is 2.27. The van der Waals surface area contributed by atoms with Gasteiger partial charge in [-0.25, -0.2) is 0 Å². The third kappa shape index (κ3) is 4.07. The molecule has 0 aromatic heterocycles. The van der Waals surface area contributed by atoms with E-state index in [1.54, 1.807) is 19.1 Å². The predicted octanol–water partition coefficient (Wildman–Crippen LogP) is 1.56. The third-order valence-corrected chi connectivity index (χ3v) is 2.41. The summed E-state index contributed by atoms with van der Waals surface area (Å²) in [5.41, 5.74) is 1.75. The van der Waals surface area contributed by atoms with Crippen LogP contribution in [0.2, 0.25) is 0 Å². The number of aryl methyl sites for hydroxylation is 1. The van der Waals surface area contributed by atoms with Gasteiger partial charge in [0.05, 0.1) is 6.10 Å². The number of hydrogen-bond donors (Lipinski definition) is 2. The number of likely N-dealkylation sites (N-methyl/N-ethyl adjacent to an activating group) is 1. The van der Waals surface area contributed by atoms with Gasteiger partial charge in [0.15, 0.2) is 6.61 Å². The van der Waals surface area contributed by atoms with E-state index in [1.165, 1.54) is 0 Å². The Morgan fingerprint density at radius 3 is 2.76 bits per heavy atom. The number of ether oxygens (including phenoxy) is 1. The van der Waals surface area contributed by atoms with Gasteiger partial charge in [-0.1, -0.05) is 6.07 Å². The molecule has 94 valence electrons. The lowest BCUT2D eigenvalue weighted by Crippen LogP contribution is -2.28. The molecule has 0 aliphatic heterocycles. The molecule has 17 heavy (non-hydrogen) atoms. The standard InChI is InChI=1S/C13H19NO3/c1-4-14-13(16)8-17-12-6-5-11(10(3)15)7-9(12)2/h5-7,10,15H,4,8H2,1-3H3,(H,14,16). The minimum absolute atomic E-state index is 0.0166. The monoisotopic (exact) mass is 237 g/mol. The lowest BCUT2D eigenvalue weighted by molar-refractivity contribution is -0.122. The molecule has 0 heterocycles. The molecule has 4 heteroatoms. The van der Waals surface area contributed by atoms with Crippen LogP contribution in [0.15, 0.2) is 18.2 Å². The molecule has 1 unspecified atom stereocenters. The van der Waals surface area contributed by atoms with Crippen LogP contribution in [0.4, 0.5) is 0 Å². The Labute approximate surface area is 102 Å². The van der Waals surface area contributed by atoms with E-state index in [4.69, 9.17) is 4.74 Å². The Morgan fingerprint density at radius 2 is 2.24 bits per heavy atom. The van der Waals surface area contributed by atoms with Crippen LogP contribution in [0, 0.1) is 6.92 Å². The van der Waals surface area contributed by atoms with E-state index >= 15 is 0 Å². The minimum atomic E-state index is -0.494. The quantitative estimate of drug-likeness (QED) is 0.817. The first-order valence-corrected chi connectivity index (χ1v) is 5.72. The van der Waals surface area contributed by atoms with E-state index in [9.17, 15) is 9.90 Å². The summed E-state index contributed by atoms with van der Waals surface area (Å²) in [5.74, 6) is 0.534. The first-order chi connectivity index (χ1) is 8.04. The average molecular weight is 237 g/mol. The van der Waals surface area contributed by atoms with Gasteiger partial charge in [0.2, 0.25) is 0 Å². The number of carbonyl (C=O) groups excluding carboxylic acids is 1. The molecule has 1 rings (SSSR count). The van der Waals surface area contributed by atoms with Gasteiger partial charge in [-0.05, 0) is 44.0 Å². The maximum absolute atomic E-state index is 11.2. The van der Waals surface area contributed by atoms with Crippen LogP contribution in [0.5, 0.6) is 5.75 Å². The molecule has 0 fully saturated rings. The van der Waals surface area contributed by atoms with E-state index in [2.05, 4.69) is 5.32 Å². The van der Waals surface area contributed by atoms with Crippen molar-refractivity contribution in [1.82, 2.24) is 5.32 Å². The second-order valence-electron chi connectivity index (χ2n) is 3.94. The zero-order valence-electron chi connectivity index (χ0n) is 10.5. The number of amides is 1. The molecule has 0 aliphatic carbocycles. The molecule has 1 aromatic rings. The number of aliphatic hydroxyl groups excluding tert-OH is 1. The highest BCUT2D eigenvalue weighted by Crippen LogP contribution is 2.22. The topological polar surface area (TPSA) is 58.6 Å². The Balaban J connectivity index is 2.63. The molecule has 4 nitrogen and oxygen atoms in total. The van der Waals surface area contributed by atoms with Gasteiger partial charge in [-0.3, -0.25) is 4.79 Å². The zero-order chi connectivity index (χ0) is 12.8. The summed E-state index contributed by atoms with van der Waals surface area (Å²) in [7, 11) is 0. The second kappa shape index (κ2) is 6.25. The van der Waals surface area contributed by atoms with E-state index in [1.807, 2.05) is 19.9 Å². The van der Waals surface area contributed by atoms with Gasteiger partial charge in [-0.2, -0.15) is 0 Å². The van der Waals surface area contributed by atoms with Gasteiger partial charge >= 0.3 is 0 Å². The van der Waals surface area contributed by atoms with Gasteiger partial charge in [0.1, 0.15) is 5.75 Å². The van der Waals surface area contributed by atoms with E-state index in [-0.39, 0.29) is 12.5 Å². The predicted molar refractivity (Wildman–Crippen MR) is 66.0 cm³/mol. The summed E-state index contributed by atoms with van der Waals surface area (Å²) in [6.45, 7) is 6.08. The van der Waals surface area contributed by atoms with E-state index < -0.39 is 6.10 Å². The fourth-order valence-electron chi connectivity index (χ4n) is 1.49. The van der Waals surface area contributed by atoms with Crippen LogP contribution in [-0.2, 0) is 4.79 Å². The zero-order valence-corrected chi connectivity index (χ0v) is 10.5. The maximum atomic E-state index is 11.2. The molecule has 1 atom stereocenters. The van der Waals surface area contributed by atoms with Gasteiger partial charge < -0.3 is 15.2 Å². The molecular formula is C13H19NO3. The van der Waals surface area contributed by atoms with Crippen molar-refractivity contribution < 1.29 is 14.6 Å². The summed E-state index contributed by atoms with van der Waals surface area (Å²) in [4.78, 5) is 11.2. The summed E-state index contributed by atoms with van der Waals surface area (Å²) in [5, 5.41) is 12.1. The Bertz CT molecular complexity index is 388. The fraction of sp³-hybridized carbons (Fsp3) is 0.462. The molecule has 0 radical (unpaired) electrons. The SMILES string of the molecule is CCNC(=O)COc1ccc(C(C)O)cc1C. The summed E-state index contributed by atoms with van der Waals surface area (Å²) in [6, 6.07) is 5.43. The first-order valence-electron chi connectivity index (χ1n) is 5.72. The van der Waals surface area contributed by atoms with Crippen molar-refractivity contribution in [3.63, 3.8) is 0 Å². The molecule has 0 aliphatic rings. The normalized spacial score (nSPS) is 12.0. The molecule has 0 saturated carbocycles.